The van der Waals surface area contributed by atoms with Crippen molar-refractivity contribution in [3.8, 4) is 0 Å². The van der Waals surface area contributed by atoms with Crippen LogP contribution < -0.4 is 11.1 Å². The Labute approximate surface area is 92.8 Å². The highest BCUT2D eigenvalue weighted by Crippen LogP contribution is 2.32. The molecule has 0 aromatic carbocycles. The van der Waals surface area contributed by atoms with Crippen LogP contribution in [0.15, 0.2) is 0 Å². The van der Waals surface area contributed by atoms with Crippen LogP contribution in [0.5, 0.6) is 0 Å². The summed E-state index contributed by atoms with van der Waals surface area (Å²) in [6.45, 7) is 7.24. The summed E-state index contributed by atoms with van der Waals surface area (Å²) >= 11 is 0. The van der Waals surface area contributed by atoms with Crippen molar-refractivity contribution in [1.82, 2.24) is 5.32 Å². The lowest BCUT2D eigenvalue weighted by Gasteiger charge is -2.33. The average molecular weight is 212 g/mol. The van der Waals surface area contributed by atoms with Crippen molar-refractivity contribution in [3.63, 3.8) is 0 Å². The Hall–Kier alpha value is -0.570. The zero-order valence-corrected chi connectivity index (χ0v) is 10.1. The SMILES string of the molecule is CC(C)CC(N)C(=O)NCC1CC(C)C1. The summed E-state index contributed by atoms with van der Waals surface area (Å²) in [5, 5.41) is 2.95. The molecule has 88 valence electrons. The van der Waals surface area contributed by atoms with Crippen molar-refractivity contribution in [1.29, 1.82) is 0 Å². The van der Waals surface area contributed by atoms with Gasteiger partial charge in [-0.1, -0.05) is 20.8 Å². The fourth-order valence-electron chi connectivity index (χ4n) is 2.23. The van der Waals surface area contributed by atoms with E-state index in [1.54, 1.807) is 0 Å². The smallest absolute Gasteiger partial charge is 0.236 e. The number of carbonyl (C=O) groups is 1. The predicted molar refractivity (Wildman–Crippen MR) is 62.3 cm³/mol. The second kappa shape index (κ2) is 5.50. The van der Waals surface area contributed by atoms with Crippen LogP contribution in [0.1, 0.15) is 40.0 Å². The maximum atomic E-state index is 11.6. The molecule has 3 nitrogen and oxygen atoms in total. The zero-order valence-electron chi connectivity index (χ0n) is 10.1. The van der Waals surface area contributed by atoms with Crippen LogP contribution >= 0.6 is 0 Å². The molecule has 0 spiro atoms. The summed E-state index contributed by atoms with van der Waals surface area (Å²) in [5.74, 6) is 2.03. The largest absolute Gasteiger partial charge is 0.354 e. The van der Waals surface area contributed by atoms with E-state index in [4.69, 9.17) is 5.73 Å². The monoisotopic (exact) mass is 212 g/mol. The van der Waals surface area contributed by atoms with Gasteiger partial charge in [0.1, 0.15) is 0 Å². The summed E-state index contributed by atoms with van der Waals surface area (Å²) in [6.07, 6.45) is 3.27. The van der Waals surface area contributed by atoms with Gasteiger partial charge in [0.15, 0.2) is 0 Å². The minimum Gasteiger partial charge on any atom is -0.354 e. The van der Waals surface area contributed by atoms with Crippen LogP contribution in [0, 0.1) is 17.8 Å². The molecule has 1 unspecified atom stereocenters. The van der Waals surface area contributed by atoms with E-state index in [9.17, 15) is 4.79 Å². The van der Waals surface area contributed by atoms with Gasteiger partial charge in [-0.3, -0.25) is 4.79 Å². The van der Waals surface area contributed by atoms with Gasteiger partial charge in [0.25, 0.3) is 0 Å². The van der Waals surface area contributed by atoms with Crippen molar-refractivity contribution in [2.24, 2.45) is 23.5 Å². The molecule has 1 fully saturated rings. The van der Waals surface area contributed by atoms with Gasteiger partial charge in [0.05, 0.1) is 6.04 Å². The molecule has 0 radical (unpaired) electrons. The summed E-state index contributed by atoms with van der Waals surface area (Å²) < 4.78 is 0. The third-order valence-electron chi connectivity index (χ3n) is 3.10. The fourth-order valence-corrected chi connectivity index (χ4v) is 2.23. The Kier molecular flexibility index (Phi) is 4.58. The molecule has 1 atom stereocenters. The van der Waals surface area contributed by atoms with Gasteiger partial charge >= 0.3 is 0 Å². The van der Waals surface area contributed by atoms with E-state index in [1.807, 2.05) is 0 Å². The summed E-state index contributed by atoms with van der Waals surface area (Å²) in [5.41, 5.74) is 5.78. The molecule has 15 heavy (non-hydrogen) atoms. The van der Waals surface area contributed by atoms with E-state index < -0.39 is 0 Å². The number of amides is 1. The number of hydrogen-bond acceptors (Lipinski definition) is 2. The van der Waals surface area contributed by atoms with Crippen molar-refractivity contribution in [2.45, 2.75) is 46.1 Å². The standard InChI is InChI=1S/C12H24N2O/c1-8(2)4-11(13)12(15)14-7-10-5-9(3)6-10/h8-11H,4-7,13H2,1-3H3,(H,14,15). The third-order valence-corrected chi connectivity index (χ3v) is 3.10. The molecule has 3 N–H and O–H groups in total. The quantitative estimate of drug-likeness (QED) is 0.726. The highest BCUT2D eigenvalue weighted by atomic mass is 16.2. The molecule has 1 rings (SSSR count). The van der Waals surface area contributed by atoms with Gasteiger partial charge in [0, 0.05) is 6.54 Å². The lowest BCUT2D eigenvalue weighted by Crippen LogP contribution is -2.44. The first-order chi connectivity index (χ1) is 6.99. The minimum absolute atomic E-state index is 0.0169. The number of rotatable bonds is 5. The molecule has 0 aliphatic heterocycles. The molecule has 1 saturated carbocycles. The normalized spacial score (nSPS) is 27.3. The first-order valence-corrected chi connectivity index (χ1v) is 6.02. The topological polar surface area (TPSA) is 55.1 Å². The van der Waals surface area contributed by atoms with Gasteiger partial charge in [0.2, 0.25) is 5.91 Å². The molecular weight excluding hydrogens is 188 g/mol. The number of hydrogen-bond donors (Lipinski definition) is 2. The van der Waals surface area contributed by atoms with Gasteiger partial charge in [-0.25, -0.2) is 0 Å². The molecular formula is C12H24N2O. The van der Waals surface area contributed by atoms with E-state index >= 15 is 0 Å². The molecule has 0 saturated heterocycles. The predicted octanol–water partition coefficient (Wildman–Crippen LogP) is 1.52. The van der Waals surface area contributed by atoms with Crippen molar-refractivity contribution in [3.05, 3.63) is 0 Å². The molecule has 1 aliphatic rings. The molecule has 0 bridgehead atoms. The molecule has 1 amide bonds. The van der Waals surface area contributed by atoms with E-state index in [0.717, 1.165) is 18.9 Å². The van der Waals surface area contributed by atoms with Gasteiger partial charge < -0.3 is 11.1 Å². The maximum absolute atomic E-state index is 11.6. The van der Waals surface area contributed by atoms with E-state index in [0.29, 0.717) is 11.8 Å². The van der Waals surface area contributed by atoms with Crippen molar-refractivity contribution in [2.75, 3.05) is 6.54 Å². The molecule has 0 aromatic rings. The summed E-state index contributed by atoms with van der Waals surface area (Å²) in [7, 11) is 0. The fraction of sp³-hybridized carbons (Fsp3) is 0.917. The second-order valence-electron chi connectivity index (χ2n) is 5.42. The van der Waals surface area contributed by atoms with Crippen LogP contribution in [-0.2, 0) is 4.79 Å². The average Bonchev–Trinajstić information content (AvgIpc) is 2.08. The van der Waals surface area contributed by atoms with Crippen LogP contribution in [0.4, 0.5) is 0 Å². The first-order valence-electron chi connectivity index (χ1n) is 6.02. The van der Waals surface area contributed by atoms with Crippen LogP contribution in [0.2, 0.25) is 0 Å². The van der Waals surface area contributed by atoms with E-state index in [1.165, 1.54) is 12.8 Å². The summed E-state index contributed by atoms with van der Waals surface area (Å²) in [4.78, 5) is 11.6. The highest BCUT2D eigenvalue weighted by Gasteiger charge is 2.26. The van der Waals surface area contributed by atoms with Crippen LogP contribution in [0.25, 0.3) is 0 Å². The lowest BCUT2D eigenvalue weighted by molar-refractivity contribution is -0.123. The van der Waals surface area contributed by atoms with Crippen LogP contribution in [0.3, 0.4) is 0 Å². The van der Waals surface area contributed by atoms with E-state index in [2.05, 4.69) is 26.1 Å². The number of nitrogens with one attached hydrogen (secondary N) is 1. The van der Waals surface area contributed by atoms with E-state index in [-0.39, 0.29) is 11.9 Å². The van der Waals surface area contributed by atoms with Crippen molar-refractivity contribution >= 4 is 5.91 Å². The Morgan fingerprint density at radius 1 is 1.47 bits per heavy atom. The first kappa shape index (κ1) is 12.5. The van der Waals surface area contributed by atoms with Crippen LogP contribution in [-0.4, -0.2) is 18.5 Å². The molecule has 1 aliphatic carbocycles. The minimum atomic E-state index is -0.331. The Morgan fingerprint density at radius 3 is 2.53 bits per heavy atom. The third kappa shape index (κ3) is 4.20. The van der Waals surface area contributed by atoms with Gasteiger partial charge in [-0.2, -0.15) is 0 Å². The second-order valence-corrected chi connectivity index (χ2v) is 5.42. The molecule has 0 heterocycles. The lowest BCUT2D eigenvalue weighted by atomic mass is 9.76. The van der Waals surface area contributed by atoms with Crippen molar-refractivity contribution < 1.29 is 4.79 Å². The summed E-state index contributed by atoms with van der Waals surface area (Å²) in [6, 6.07) is -0.331. The Balaban J connectivity index is 2.12. The number of carbonyl (C=O) groups excluding carboxylic acids is 1. The van der Waals surface area contributed by atoms with Gasteiger partial charge in [-0.05, 0) is 37.0 Å². The zero-order chi connectivity index (χ0) is 11.4. The highest BCUT2D eigenvalue weighted by molar-refractivity contribution is 5.81. The molecule has 0 aromatic heterocycles. The maximum Gasteiger partial charge on any atom is 0.236 e. The Morgan fingerprint density at radius 2 is 2.07 bits per heavy atom. The van der Waals surface area contributed by atoms with Gasteiger partial charge in [-0.15, -0.1) is 0 Å². The Bertz CT molecular complexity index is 210. The number of nitrogens with two attached hydrogens (primary N) is 1. The molecule has 3 heteroatoms.